The summed E-state index contributed by atoms with van der Waals surface area (Å²) in [4.78, 5) is 27.5. The molecule has 2 amide bonds. The van der Waals surface area contributed by atoms with Crippen LogP contribution in [0.3, 0.4) is 0 Å². The highest BCUT2D eigenvalue weighted by Crippen LogP contribution is 2.09. The summed E-state index contributed by atoms with van der Waals surface area (Å²) in [7, 11) is 0. The maximum Gasteiger partial charge on any atom is 0.320 e. The molecular formula is C16H16ClN3O2. The highest BCUT2D eigenvalue weighted by molar-refractivity contribution is 6.30. The lowest BCUT2D eigenvalue weighted by atomic mass is 10.1. The topological polar surface area (TPSA) is 71.1 Å². The van der Waals surface area contributed by atoms with Gasteiger partial charge in [-0.2, -0.15) is 0 Å². The van der Waals surface area contributed by atoms with Gasteiger partial charge in [-0.15, -0.1) is 0 Å². The third-order valence-electron chi connectivity index (χ3n) is 2.98. The van der Waals surface area contributed by atoms with E-state index < -0.39 is 6.03 Å². The Labute approximate surface area is 133 Å². The van der Waals surface area contributed by atoms with Crippen LogP contribution in [0.1, 0.15) is 22.3 Å². The highest BCUT2D eigenvalue weighted by atomic mass is 35.5. The van der Waals surface area contributed by atoms with Crippen LogP contribution in [0.15, 0.2) is 42.6 Å². The second-order valence-corrected chi connectivity index (χ2v) is 5.22. The van der Waals surface area contributed by atoms with E-state index in [1.165, 1.54) is 6.20 Å². The van der Waals surface area contributed by atoms with Crippen LogP contribution in [-0.4, -0.2) is 23.3 Å². The average Bonchev–Trinajstić information content (AvgIpc) is 2.50. The third-order valence-corrected chi connectivity index (χ3v) is 3.20. The maximum absolute atomic E-state index is 11.9. The van der Waals surface area contributed by atoms with Crippen molar-refractivity contribution in [3.8, 4) is 0 Å². The van der Waals surface area contributed by atoms with Gasteiger partial charge in [0, 0.05) is 24.7 Å². The molecule has 0 bridgehead atoms. The van der Waals surface area contributed by atoms with Gasteiger partial charge >= 0.3 is 6.03 Å². The van der Waals surface area contributed by atoms with Crippen LogP contribution in [0.5, 0.6) is 0 Å². The van der Waals surface area contributed by atoms with E-state index in [0.29, 0.717) is 16.4 Å². The lowest BCUT2D eigenvalue weighted by molar-refractivity contribution is 0.0984. The molecule has 6 heteroatoms. The first kappa shape index (κ1) is 16.0. The van der Waals surface area contributed by atoms with Gasteiger partial charge in [0.15, 0.2) is 5.78 Å². The lowest BCUT2D eigenvalue weighted by Gasteiger charge is -2.07. The van der Waals surface area contributed by atoms with Crippen molar-refractivity contribution >= 4 is 29.2 Å². The van der Waals surface area contributed by atoms with Gasteiger partial charge in [-0.05, 0) is 19.1 Å². The van der Waals surface area contributed by atoms with Crippen molar-refractivity contribution in [3.63, 3.8) is 0 Å². The minimum atomic E-state index is -0.411. The molecule has 0 atom stereocenters. The Kier molecular flexibility index (Phi) is 5.49. The minimum Gasteiger partial charge on any atom is -0.337 e. The van der Waals surface area contributed by atoms with E-state index in [4.69, 9.17) is 11.6 Å². The number of ketones is 1. The fourth-order valence-electron chi connectivity index (χ4n) is 1.78. The van der Waals surface area contributed by atoms with E-state index in [9.17, 15) is 9.59 Å². The summed E-state index contributed by atoms with van der Waals surface area (Å²) in [6.45, 7) is 2.22. The summed E-state index contributed by atoms with van der Waals surface area (Å²) in [5.74, 6) is 0.386. The smallest absolute Gasteiger partial charge is 0.320 e. The SMILES string of the molecule is Cc1ccc(C(=O)CCNC(=O)Nc2ccc(Cl)cn2)cc1. The van der Waals surface area contributed by atoms with Crippen LogP contribution in [0.4, 0.5) is 10.6 Å². The zero-order chi connectivity index (χ0) is 15.9. The number of pyridine rings is 1. The first-order valence-electron chi connectivity index (χ1n) is 6.81. The molecule has 0 aliphatic heterocycles. The van der Waals surface area contributed by atoms with E-state index in [2.05, 4.69) is 15.6 Å². The molecule has 1 aromatic carbocycles. The molecule has 0 radical (unpaired) electrons. The lowest BCUT2D eigenvalue weighted by Crippen LogP contribution is -2.30. The Bertz CT molecular complexity index is 654. The molecule has 22 heavy (non-hydrogen) atoms. The monoisotopic (exact) mass is 317 g/mol. The number of hydrogen-bond donors (Lipinski definition) is 2. The van der Waals surface area contributed by atoms with Crippen LogP contribution in [-0.2, 0) is 0 Å². The van der Waals surface area contributed by atoms with Crippen molar-refractivity contribution in [1.29, 1.82) is 0 Å². The van der Waals surface area contributed by atoms with Crippen molar-refractivity contribution in [2.24, 2.45) is 0 Å². The van der Waals surface area contributed by atoms with E-state index in [1.54, 1.807) is 24.3 Å². The van der Waals surface area contributed by atoms with Gasteiger partial charge in [0.1, 0.15) is 5.82 Å². The van der Waals surface area contributed by atoms with Gasteiger partial charge in [-0.25, -0.2) is 9.78 Å². The van der Waals surface area contributed by atoms with Crippen LogP contribution in [0, 0.1) is 6.92 Å². The molecule has 5 nitrogen and oxygen atoms in total. The number of aryl methyl sites for hydroxylation is 1. The molecule has 114 valence electrons. The number of nitrogens with one attached hydrogen (secondary N) is 2. The van der Waals surface area contributed by atoms with Crippen molar-refractivity contribution in [2.45, 2.75) is 13.3 Å². The predicted molar refractivity (Wildman–Crippen MR) is 86.4 cm³/mol. The number of carbonyl (C=O) groups excluding carboxylic acids is 2. The molecule has 1 heterocycles. The summed E-state index contributed by atoms with van der Waals surface area (Å²) in [6.07, 6.45) is 1.68. The number of amides is 2. The minimum absolute atomic E-state index is 0.00934. The molecular weight excluding hydrogens is 302 g/mol. The fourth-order valence-corrected chi connectivity index (χ4v) is 1.90. The first-order valence-corrected chi connectivity index (χ1v) is 7.18. The molecule has 0 unspecified atom stereocenters. The Hall–Kier alpha value is -2.40. The van der Waals surface area contributed by atoms with Gasteiger partial charge in [-0.3, -0.25) is 10.1 Å². The molecule has 2 rings (SSSR count). The fraction of sp³-hybridized carbons (Fsp3) is 0.188. The number of rotatable bonds is 5. The Balaban J connectivity index is 1.75. The van der Waals surface area contributed by atoms with Gasteiger partial charge in [0.25, 0.3) is 0 Å². The third kappa shape index (κ3) is 4.86. The maximum atomic E-state index is 11.9. The van der Waals surface area contributed by atoms with Crippen molar-refractivity contribution < 1.29 is 9.59 Å². The van der Waals surface area contributed by atoms with Gasteiger partial charge in [-0.1, -0.05) is 41.4 Å². The van der Waals surface area contributed by atoms with Crippen LogP contribution < -0.4 is 10.6 Å². The van der Waals surface area contributed by atoms with Crippen molar-refractivity contribution in [2.75, 3.05) is 11.9 Å². The van der Waals surface area contributed by atoms with E-state index in [0.717, 1.165) is 5.56 Å². The normalized spacial score (nSPS) is 10.1. The molecule has 1 aromatic heterocycles. The molecule has 0 aliphatic carbocycles. The first-order chi connectivity index (χ1) is 10.5. The molecule has 0 saturated carbocycles. The molecule has 2 aromatic rings. The van der Waals surface area contributed by atoms with Crippen LogP contribution >= 0.6 is 11.6 Å². The van der Waals surface area contributed by atoms with E-state index >= 15 is 0 Å². The number of Topliss-reactive ketones (excluding diaryl/α,β-unsaturated/α-hetero) is 1. The number of anilines is 1. The van der Waals surface area contributed by atoms with Gasteiger partial charge < -0.3 is 5.32 Å². The molecule has 0 spiro atoms. The molecule has 2 N–H and O–H groups in total. The van der Waals surface area contributed by atoms with E-state index in [-0.39, 0.29) is 18.7 Å². The van der Waals surface area contributed by atoms with Gasteiger partial charge in [0.2, 0.25) is 0 Å². The summed E-state index contributed by atoms with van der Waals surface area (Å²) < 4.78 is 0. The Morgan fingerprint density at radius 2 is 1.86 bits per heavy atom. The standard InChI is InChI=1S/C16H16ClN3O2/c1-11-2-4-12(5-3-11)14(21)8-9-18-16(22)20-15-7-6-13(17)10-19-15/h2-7,10H,8-9H2,1H3,(H2,18,19,20,22). The van der Waals surface area contributed by atoms with Gasteiger partial charge in [0.05, 0.1) is 5.02 Å². The molecule has 0 fully saturated rings. The largest absolute Gasteiger partial charge is 0.337 e. The second kappa shape index (κ2) is 7.56. The number of benzene rings is 1. The number of aromatic nitrogens is 1. The summed E-state index contributed by atoms with van der Waals surface area (Å²) >= 11 is 5.71. The quantitative estimate of drug-likeness (QED) is 0.830. The summed E-state index contributed by atoms with van der Waals surface area (Å²) in [5.41, 5.74) is 1.75. The average molecular weight is 318 g/mol. The van der Waals surface area contributed by atoms with Crippen molar-refractivity contribution in [3.05, 3.63) is 58.7 Å². The number of hydrogen-bond acceptors (Lipinski definition) is 3. The Morgan fingerprint density at radius 1 is 1.14 bits per heavy atom. The highest BCUT2D eigenvalue weighted by Gasteiger charge is 2.07. The zero-order valence-corrected chi connectivity index (χ0v) is 12.9. The molecule has 0 saturated heterocycles. The van der Waals surface area contributed by atoms with Crippen LogP contribution in [0.2, 0.25) is 5.02 Å². The number of nitrogens with zero attached hydrogens (tertiary/aromatic N) is 1. The summed E-state index contributed by atoms with van der Waals surface area (Å²) in [5, 5.41) is 5.67. The van der Waals surface area contributed by atoms with Crippen LogP contribution in [0.25, 0.3) is 0 Å². The summed E-state index contributed by atoms with van der Waals surface area (Å²) in [6, 6.07) is 10.2. The van der Waals surface area contributed by atoms with Crippen molar-refractivity contribution in [1.82, 2.24) is 10.3 Å². The second-order valence-electron chi connectivity index (χ2n) is 4.78. The predicted octanol–water partition coefficient (Wildman–Crippen LogP) is 3.44. The number of halogens is 1. The number of carbonyl (C=O) groups is 2. The Morgan fingerprint density at radius 3 is 2.50 bits per heavy atom. The van der Waals surface area contributed by atoms with E-state index in [1.807, 2.05) is 19.1 Å². The zero-order valence-electron chi connectivity index (χ0n) is 12.1. The number of urea groups is 1. The molecule has 0 aliphatic rings.